The van der Waals surface area contributed by atoms with Crippen LogP contribution in [0, 0.1) is 0 Å². The standard InChI is InChI=1S/C16H28N2/c1-4-12-18(3)13-6-7-15-8-10-16(11-9-15)14-17-5-2/h8-11,17H,4-7,12-14H2,1-3H3. The molecule has 0 fully saturated rings. The van der Waals surface area contributed by atoms with Gasteiger partial charge < -0.3 is 10.2 Å². The van der Waals surface area contributed by atoms with Gasteiger partial charge in [0.2, 0.25) is 0 Å². The lowest BCUT2D eigenvalue weighted by molar-refractivity contribution is 0.330. The first-order valence-corrected chi connectivity index (χ1v) is 7.23. The lowest BCUT2D eigenvalue weighted by atomic mass is 10.1. The Morgan fingerprint density at radius 2 is 1.67 bits per heavy atom. The molecule has 1 aromatic carbocycles. The van der Waals surface area contributed by atoms with Gasteiger partial charge in [-0.3, -0.25) is 0 Å². The molecule has 0 saturated carbocycles. The van der Waals surface area contributed by atoms with Crippen LogP contribution in [0.5, 0.6) is 0 Å². The fourth-order valence-electron chi connectivity index (χ4n) is 2.14. The molecule has 0 radical (unpaired) electrons. The van der Waals surface area contributed by atoms with Gasteiger partial charge in [0, 0.05) is 6.54 Å². The molecule has 0 aliphatic heterocycles. The van der Waals surface area contributed by atoms with Gasteiger partial charge in [0.05, 0.1) is 0 Å². The van der Waals surface area contributed by atoms with Crippen molar-refractivity contribution in [1.29, 1.82) is 0 Å². The Labute approximate surface area is 112 Å². The first-order valence-electron chi connectivity index (χ1n) is 7.23. The largest absolute Gasteiger partial charge is 0.313 e. The zero-order chi connectivity index (χ0) is 13.2. The third kappa shape index (κ3) is 6.18. The van der Waals surface area contributed by atoms with E-state index in [1.165, 1.54) is 43.5 Å². The predicted molar refractivity (Wildman–Crippen MR) is 79.9 cm³/mol. The SMILES string of the molecule is CCCN(C)CCCc1ccc(CNCC)cc1. The van der Waals surface area contributed by atoms with Gasteiger partial charge in [-0.1, -0.05) is 38.1 Å². The molecule has 0 aliphatic rings. The predicted octanol–water partition coefficient (Wildman–Crippen LogP) is 3.07. The number of benzene rings is 1. The summed E-state index contributed by atoms with van der Waals surface area (Å²) in [6, 6.07) is 9.03. The topological polar surface area (TPSA) is 15.3 Å². The van der Waals surface area contributed by atoms with Crippen LogP contribution in [0.1, 0.15) is 37.8 Å². The van der Waals surface area contributed by atoms with Gasteiger partial charge in [-0.05, 0) is 57.1 Å². The fraction of sp³-hybridized carbons (Fsp3) is 0.625. The number of aryl methyl sites for hydroxylation is 1. The summed E-state index contributed by atoms with van der Waals surface area (Å²) in [7, 11) is 2.21. The summed E-state index contributed by atoms with van der Waals surface area (Å²) in [6.07, 6.45) is 3.69. The average Bonchev–Trinajstić information content (AvgIpc) is 2.38. The summed E-state index contributed by atoms with van der Waals surface area (Å²) in [5.74, 6) is 0. The van der Waals surface area contributed by atoms with Crippen LogP contribution >= 0.6 is 0 Å². The van der Waals surface area contributed by atoms with E-state index in [1.807, 2.05) is 0 Å². The lowest BCUT2D eigenvalue weighted by Gasteiger charge is -2.15. The molecule has 0 amide bonds. The van der Waals surface area contributed by atoms with Gasteiger partial charge in [0.25, 0.3) is 0 Å². The van der Waals surface area contributed by atoms with E-state index in [9.17, 15) is 0 Å². The van der Waals surface area contributed by atoms with E-state index in [2.05, 4.69) is 55.4 Å². The lowest BCUT2D eigenvalue weighted by Crippen LogP contribution is -2.20. The minimum Gasteiger partial charge on any atom is -0.313 e. The molecule has 1 N–H and O–H groups in total. The monoisotopic (exact) mass is 248 g/mol. The van der Waals surface area contributed by atoms with Crippen LogP contribution in [0.15, 0.2) is 24.3 Å². The third-order valence-electron chi connectivity index (χ3n) is 3.21. The second kappa shape index (κ2) is 9.12. The van der Waals surface area contributed by atoms with E-state index in [0.717, 1.165) is 13.1 Å². The van der Waals surface area contributed by atoms with Gasteiger partial charge >= 0.3 is 0 Å². The quantitative estimate of drug-likeness (QED) is 0.722. The first-order chi connectivity index (χ1) is 8.76. The van der Waals surface area contributed by atoms with Crippen LogP contribution in [0.2, 0.25) is 0 Å². The molecule has 102 valence electrons. The van der Waals surface area contributed by atoms with Gasteiger partial charge in [0.15, 0.2) is 0 Å². The van der Waals surface area contributed by atoms with Crippen LogP contribution < -0.4 is 5.32 Å². The second-order valence-corrected chi connectivity index (χ2v) is 5.00. The fourth-order valence-corrected chi connectivity index (χ4v) is 2.14. The summed E-state index contributed by atoms with van der Waals surface area (Å²) >= 11 is 0. The van der Waals surface area contributed by atoms with Crippen molar-refractivity contribution in [3.8, 4) is 0 Å². The van der Waals surface area contributed by atoms with E-state index < -0.39 is 0 Å². The zero-order valence-electron chi connectivity index (χ0n) is 12.2. The van der Waals surface area contributed by atoms with E-state index >= 15 is 0 Å². The molecule has 0 bridgehead atoms. The van der Waals surface area contributed by atoms with Gasteiger partial charge in [0.1, 0.15) is 0 Å². The highest BCUT2D eigenvalue weighted by molar-refractivity contribution is 5.22. The first kappa shape index (κ1) is 15.2. The van der Waals surface area contributed by atoms with Crippen LogP contribution in [0.3, 0.4) is 0 Å². The highest BCUT2D eigenvalue weighted by Gasteiger charge is 1.98. The van der Waals surface area contributed by atoms with Crippen molar-refractivity contribution in [2.24, 2.45) is 0 Å². The van der Waals surface area contributed by atoms with Crippen molar-refractivity contribution >= 4 is 0 Å². The molecular formula is C16H28N2. The van der Waals surface area contributed by atoms with Crippen LogP contribution in [0.4, 0.5) is 0 Å². The van der Waals surface area contributed by atoms with E-state index in [4.69, 9.17) is 0 Å². The maximum Gasteiger partial charge on any atom is 0.0205 e. The number of hydrogen-bond acceptors (Lipinski definition) is 2. The Morgan fingerprint density at radius 1 is 1.00 bits per heavy atom. The van der Waals surface area contributed by atoms with E-state index in [1.54, 1.807) is 0 Å². The Hall–Kier alpha value is -0.860. The average molecular weight is 248 g/mol. The zero-order valence-corrected chi connectivity index (χ0v) is 12.2. The smallest absolute Gasteiger partial charge is 0.0205 e. The van der Waals surface area contributed by atoms with E-state index in [-0.39, 0.29) is 0 Å². The van der Waals surface area contributed by atoms with Crippen molar-refractivity contribution in [3.63, 3.8) is 0 Å². The Morgan fingerprint density at radius 3 is 2.28 bits per heavy atom. The molecule has 0 aliphatic carbocycles. The van der Waals surface area contributed by atoms with Crippen molar-refractivity contribution in [2.75, 3.05) is 26.7 Å². The third-order valence-corrected chi connectivity index (χ3v) is 3.21. The Bertz CT molecular complexity index is 305. The number of hydrogen-bond donors (Lipinski definition) is 1. The van der Waals surface area contributed by atoms with Crippen LogP contribution in [-0.2, 0) is 13.0 Å². The van der Waals surface area contributed by atoms with Gasteiger partial charge in [-0.25, -0.2) is 0 Å². The Balaban J connectivity index is 2.26. The number of nitrogens with zero attached hydrogens (tertiary/aromatic N) is 1. The highest BCUT2D eigenvalue weighted by Crippen LogP contribution is 2.07. The van der Waals surface area contributed by atoms with Crippen LogP contribution in [0.25, 0.3) is 0 Å². The van der Waals surface area contributed by atoms with Gasteiger partial charge in [-0.2, -0.15) is 0 Å². The molecule has 1 rings (SSSR count). The Kier molecular flexibility index (Phi) is 7.70. The second-order valence-electron chi connectivity index (χ2n) is 5.00. The minimum absolute atomic E-state index is 0.982. The number of nitrogens with one attached hydrogen (secondary N) is 1. The number of rotatable bonds is 9. The summed E-state index contributed by atoms with van der Waals surface area (Å²) in [5.41, 5.74) is 2.84. The normalized spacial score (nSPS) is 11.1. The van der Waals surface area contributed by atoms with Crippen molar-refractivity contribution < 1.29 is 0 Å². The highest BCUT2D eigenvalue weighted by atomic mass is 15.1. The summed E-state index contributed by atoms with van der Waals surface area (Å²) in [4.78, 5) is 2.42. The molecule has 0 saturated heterocycles. The maximum absolute atomic E-state index is 3.35. The van der Waals surface area contributed by atoms with Crippen molar-refractivity contribution in [2.45, 2.75) is 39.7 Å². The molecule has 1 aromatic rings. The molecule has 2 heteroatoms. The summed E-state index contributed by atoms with van der Waals surface area (Å²) < 4.78 is 0. The molecule has 2 nitrogen and oxygen atoms in total. The molecule has 0 heterocycles. The molecular weight excluding hydrogens is 220 g/mol. The van der Waals surface area contributed by atoms with Gasteiger partial charge in [-0.15, -0.1) is 0 Å². The summed E-state index contributed by atoms with van der Waals surface area (Å²) in [6.45, 7) is 8.80. The maximum atomic E-state index is 3.35. The molecule has 0 aromatic heterocycles. The molecule has 18 heavy (non-hydrogen) atoms. The van der Waals surface area contributed by atoms with Crippen molar-refractivity contribution in [1.82, 2.24) is 10.2 Å². The molecule has 0 spiro atoms. The van der Waals surface area contributed by atoms with E-state index in [0.29, 0.717) is 0 Å². The molecule has 0 unspecified atom stereocenters. The van der Waals surface area contributed by atoms with Crippen LogP contribution in [-0.4, -0.2) is 31.6 Å². The summed E-state index contributed by atoms with van der Waals surface area (Å²) in [5, 5.41) is 3.35. The van der Waals surface area contributed by atoms with Crippen molar-refractivity contribution in [3.05, 3.63) is 35.4 Å². The minimum atomic E-state index is 0.982. The molecule has 0 atom stereocenters.